The fraction of sp³-hybridized carbons (Fsp3) is 0.0189. The molecule has 0 radical (unpaired) electrons. The Morgan fingerprint density at radius 2 is 1.11 bits per heavy atom. The van der Waals surface area contributed by atoms with Crippen LogP contribution in [0.4, 0.5) is 0 Å². The van der Waals surface area contributed by atoms with Gasteiger partial charge in [-0.15, -0.1) is 0 Å². The molecule has 0 bridgehead atoms. The third-order valence-electron chi connectivity index (χ3n) is 11.9. The van der Waals surface area contributed by atoms with Crippen molar-refractivity contribution in [2.45, 2.75) is 5.92 Å². The van der Waals surface area contributed by atoms with Gasteiger partial charge in [0.2, 0.25) is 0 Å². The average Bonchev–Trinajstić information content (AvgIpc) is 3.91. The summed E-state index contributed by atoms with van der Waals surface area (Å²) >= 11 is 0. The summed E-state index contributed by atoms with van der Waals surface area (Å²) in [7, 11) is 0. The molecule has 0 spiro atoms. The van der Waals surface area contributed by atoms with E-state index >= 15 is 0 Å². The quantitative estimate of drug-likeness (QED) is 0.179. The van der Waals surface area contributed by atoms with Gasteiger partial charge in [0.15, 0.2) is 0 Å². The van der Waals surface area contributed by atoms with Crippen LogP contribution >= 0.6 is 0 Å². The number of furan rings is 1. The van der Waals surface area contributed by atoms with Crippen molar-refractivity contribution in [3.8, 4) is 39.1 Å². The van der Waals surface area contributed by atoms with E-state index < -0.39 is 0 Å². The molecule has 2 heterocycles. The van der Waals surface area contributed by atoms with E-state index in [1.165, 1.54) is 82.6 Å². The normalized spacial score (nSPS) is 13.6. The van der Waals surface area contributed by atoms with E-state index in [2.05, 4.69) is 193 Å². The first-order valence-corrected chi connectivity index (χ1v) is 19.0. The highest BCUT2D eigenvalue weighted by Crippen LogP contribution is 2.50. The highest BCUT2D eigenvalue weighted by atomic mass is 16.3. The highest BCUT2D eigenvalue weighted by molar-refractivity contribution is 6.24. The second-order valence-electron chi connectivity index (χ2n) is 14.8. The van der Waals surface area contributed by atoms with E-state index in [0.29, 0.717) is 0 Å². The van der Waals surface area contributed by atoms with Crippen molar-refractivity contribution < 1.29 is 4.42 Å². The summed E-state index contributed by atoms with van der Waals surface area (Å²) in [5.74, 6) is 0.200. The van der Waals surface area contributed by atoms with Crippen molar-refractivity contribution in [2.75, 3.05) is 0 Å². The molecule has 1 aliphatic carbocycles. The molecule has 2 aromatic heterocycles. The van der Waals surface area contributed by atoms with Crippen LogP contribution in [0.1, 0.15) is 22.6 Å². The lowest BCUT2D eigenvalue weighted by atomic mass is 9.87. The van der Waals surface area contributed by atoms with E-state index in [-0.39, 0.29) is 5.92 Å². The fourth-order valence-corrected chi connectivity index (χ4v) is 9.33. The van der Waals surface area contributed by atoms with Crippen LogP contribution in [0, 0.1) is 0 Å². The van der Waals surface area contributed by atoms with Gasteiger partial charge in [-0.2, -0.15) is 0 Å². The van der Waals surface area contributed by atoms with Gasteiger partial charge in [-0.3, -0.25) is 0 Å². The predicted octanol–water partition coefficient (Wildman–Crippen LogP) is 14.3. The number of para-hydroxylation sites is 1. The Morgan fingerprint density at radius 3 is 2.02 bits per heavy atom. The Labute approximate surface area is 318 Å². The van der Waals surface area contributed by atoms with Gasteiger partial charge in [-0.25, -0.2) is 0 Å². The Balaban J connectivity index is 1.05. The van der Waals surface area contributed by atoms with Crippen molar-refractivity contribution in [2.24, 2.45) is 0 Å². The van der Waals surface area contributed by atoms with Crippen LogP contribution in [0.2, 0.25) is 0 Å². The molecule has 11 aromatic rings. The van der Waals surface area contributed by atoms with Crippen molar-refractivity contribution in [3.63, 3.8) is 0 Å². The first-order valence-electron chi connectivity index (χ1n) is 19.0. The largest absolute Gasteiger partial charge is 0.456 e. The standard InChI is InChI=1S/C53H33NO/c1-2-10-33(11-3-1)35-20-24-40(25-21-35)54-48-28-23-38(32-47(48)44-27-29-50-52(53(44)54)45-16-8-9-17-49(45)55-50)37-22-26-43-46(31-37)41-14-6-7-15-42(41)51(43)39-19-18-34-12-4-5-13-36(34)30-39/h1-32,51H. The maximum Gasteiger partial charge on any atom is 0.137 e. The third kappa shape index (κ3) is 4.55. The summed E-state index contributed by atoms with van der Waals surface area (Å²) < 4.78 is 8.87. The number of hydrogen-bond donors (Lipinski definition) is 0. The summed E-state index contributed by atoms with van der Waals surface area (Å²) in [6, 6.07) is 71.0. The van der Waals surface area contributed by atoms with Crippen LogP contribution in [0.25, 0.3) is 93.6 Å². The molecule has 1 aliphatic rings. The smallest absolute Gasteiger partial charge is 0.137 e. The Bertz CT molecular complexity index is 3310. The maximum atomic E-state index is 6.44. The highest BCUT2D eigenvalue weighted by Gasteiger charge is 2.30. The molecule has 0 N–H and O–H groups in total. The summed E-state index contributed by atoms with van der Waals surface area (Å²) in [5.41, 5.74) is 16.8. The fourth-order valence-electron chi connectivity index (χ4n) is 9.33. The minimum atomic E-state index is 0.200. The minimum absolute atomic E-state index is 0.200. The molecule has 55 heavy (non-hydrogen) atoms. The average molecular weight is 700 g/mol. The first-order chi connectivity index (χ1) is 27.3. The minimum Gasteiger partial charge on any atom is -0.456 e. The molecule has 0 amide bonds. The van der Waals surface area contributed by atoms with Gasteiger partial charge in [-0.1, -0.05) is 146 Å². The van der Waals surface area contributed by atoms with Crippen molar-refractivity contribution in [1.29, 1.82) is 0 Å². The third-order valence-corrected chi connectivity index (χ3v) is 11.9. The molecular formula is C53H33NO. The molecule has 0 aliphatic heterocycles. The number of aromatic nitrogens is 1. The first kappa shape index (κ1) is 30.3. The lowest BCUT2D eigenvalue weighted by Gasteiger charge is -2.16. The van der Waals surface area contributed by atoms with Crippen molar-refractivity contribution >= 4 is 54.5 Å². The van der Waals surface area contributed by atoms with Crippen molar-refractivity contribution in [1.82, 2.24) is 4.57 Å². The Hall–Kier alpha value is -7.16. The monoisotopic (exact) mass is 699 g/mol. The van der Waals surface area contributed by atoms with E-state index in [9.17, 15) is 0 Å². The molecular weight excluding hydrogens is 667 g/mol. The molecule has 2 heteroatoms. The van der Waals surface area contributed by atoms with Crippen LogP contribution < -0.4 is 0 Å². The summed E-state index contributed by atoms with van der Waals surface area (Å²) in [6.07, 6.45) is 0. The predicted molar refractivity (Wildman–Crippen MR) is 229 cm³/mol. The zero-order chi connectivity index (χ0) is 36.0. The zero-order valence-corrected chi connectivity index (χ0v) is 29.9. The molecule has 0 saturated heterocycles. The van der Waals surface area contributed by atoms with Gasteiger partial charge in [-0.05, 0) is 109 Å². The molecule has 2 nitrogen and oxygen atoms in total. The van der Waals surface area contributed by atoms with Gasteiger partial charge in [0, 0.05) is 27.8 Å². The molecule has 1 atom stereocenters. The number of nitrogens with zero attached hydrogens (tertiary/aromatic N) is 1. The lowest BCUT2D eigenvalue weighted by Crippen LogP contribution is -1.99. The summed E-state index contributed by atoms with van der Waals surface area (Å²) in [6.45, 7) is 0. The second-order valence-corrected chi connectivity index (χ2v) is 14.8. The van der Waals surface area contributed by atoms with E-state index in [1.54, 1.807) is 0 Å². The van der Waals surface area contributed by atoms with E-state index in [0.717, 1.165) is 27.6 Å². The summed E-state index contributed by atoms with van der Waals surface area (Å²) in [4.78, 5) is 0. The molecule has 12 rings (SSSR count). The number of fused-ring (bicyclic) bond motifs is 11. The second kappa shape index (κ2) is 11.7. The number of rotatable bonds is 4. The Morgan fingerprint density at radius 1 is 0.400 bits per heavy atom. The molecule has 0 fully saturated rings. The van der Waals surface area contributed by atoms with Crippen LogP contribution in [-0.4, -0.2) is 4.57 Å². The molecule has 0 saturated carbocycles. The van der Waals surface area contributed by atoms with Crippen LogP contribution in [0.3, 0.4) is 0 Å². The molecule has 256 valence electrons. The van der Waals surface area contributed by atoms with Gasteiger partial charge in [0.1, 0.15) is 11.2 Å². The van der Waals surface area contributed by atoms with E-state index in [1.807, 2.05) is 6.07 Å². The van der Waals surface area contributed by atoms with Gasteiger partial charge in [0.05, 0.1) is 16.4 Å². The topological polar surface area (TPSA) is 18.1 Å². The SMILES string of the molecule is c1ccc(-c2ccc(-n3c4ccc(-c5ccc6c(c5)-c5ccccc5C6c5ccc6ccccc6c5)cc4c4ccc5oc6ccccc6c5c43)cc2)cc1. The zero-order valence-electron chi connectivity index (χ0n) is 29.9. The summed E-state index contributed by atoms with van der Waals surface area (Å²) in [5, 5.41) is 7.27. The Kier molecular flexibility index (Phi) is 6.43. The molecule has 9 aromatic carbocycles. The van der Waals surface area contributed by atoms with E-state index in [4.69, 9.17) is 4.42 Å². The van der Waals surface area contributed by atoms with Crippen LogP contribution in [0.15, 0.2) is 199 Å². The lowest BCUT2D eigenvalue weighted by molar-refractivity contribution is 0.669. The maximum absolute atomic E-state index is 6.44. The number of benzene rings is 9. The van der Waals surface area contributed by atoms with Crippen LogP contribution in [-0.2, 0) is 0 Å². The van der Waals surface area contributed by atoms with Gasteiger partial charge in [0.25, 0.3) is 0 Å². The van der Waals surface area contributed by atoms with Gasteiger partial charge < -0.3 is 8.98 Å². The van der Waals surface area contributed by atoms with Gasteiger partial charge >= 0.3 is 0 Å². The van der Waals surface area contributed by atoms with Crippen molar-refractivity contribution in [3.05, 3.63) is 211 Å². The number of hydrogen-bond acceptors (Lipinski definition) is 1. The van der Waals surface area contributed by atoms with Crippen LogP contribution in [0.5, 0.6) is 0 Å². The molecule has 1 unspecified atom stereocenters.